The Hall–Kier alpha value is -3.56. The first kappa shape index (κ1) is 28.0. The van der Waals surface area contributed by atoms with Crippen LogP contribution in [0.4, 0.5) is 5.69 Å². The number of halogens is 1. The van der Waals surface area contributed by atoms with Gasteiger partial charge in [0.05, 0.1) is 17.7 Å². The summed E-state index contributed by atoms with van der Waals surface area (Å²) in [6.07, 6.45) is 0.320. The number of nitrogens with zero attached hydrogens (tertiary/aromatic N) is 2. The Labute approximate surface area is 222 Å². The Morgan fingerprint density at radius 1 is 1.00 bits per heavy atom. The summed E-state index contributed by atoms with van der Waals surface area (Å²) in [4.78, 5) is 28.0. The van der Waals surface area contributed by atoms with Crippen LogP contribution in [0.1, 0.15) is 18.9 Å². The molecule has 0 spiro atoms. The van der Waals surface area contributed by atoms with E-state index in [1.54, 1.807) is 73.7 Å². The lowest BCUT2D eigenvalue weighted by atomic mass is 10.1. The molecule has 0 unspecified atom stereocenters. The predicted molar refractivity (Wildman–Crippen MR) is 144 cm³/mol. The van der Waals surface area contributed by atoms with Gasteiger partial charge in [-0.25, -0.2) is 8.42 Å². The maximum atomic E-state index is 13.9. The number of benzene rings is 3. The van der Waals surface area contributed by atoms with Crippen LogP contribution in [0.25, 0.3) is 0 Å². The van der Waals surface area contributed by atoms with Crippen molar-refractivity contribution in [1.29, 1.82) is 0 Å². The number of carbonyl (C=O) groups excluding carboxylic acids is 2. The predicted octanol–water partition coefficient (Wildman–Crippen LogP) is 4.10. The fourth-order valence-electron chi connectivity index (χ4n) is 3.91. The second kappa shape index (κ2) is 12.6. The summed E-state index contributed by atoms with van der Waals surface area (Å²) >= 11 is 6.36. The second-order valence-electron chi connectivity index (χ2n) is 8.18. The van der Waals surface area contributed by atoms with Crippen molar-refractivity contribution in [3.05, 3.63) is 89.4 Å². The molecule has 37 heavy (non-hydrogen) atoms. The molecule has 0 bridgehead atoms. The summed E-state index contributed by atoms with van der Waals surface area (Å²) in [6.45, 7) is 1.28. The first-order valence-corrected chi connectivity index (χ1v) is 13.5. The lowest BCUT2D eigenvalue weighted by Crippen LogP contribution is -2.51. The molecule has 0 aromatic heterocycles. The van der Waals surface area contributed by atoms with Crippen LogP contribution in [0.15, 0.2) is 83.8 Å². The van der Waals surface area contributed by atoms with E-state index in [2.05, 4.69) is 5.32 Å². The smallest absolute Gasteiger partial charge is 0.264 e. The standard InChI is InChI=1S/C27H30ClN3O5S/c1-4-25(27(33)29-2)30(18-20-11-8-9-16-24(20)28)26(32)19-31(21-12-10-13-22(17-21)36-3)37(34,35)23-14-6-5-7-15-23/h5-17,25H,4,18-19H2,1-3H3,(H,29,33)/t25-/m1/s1. The minimum absolute atomic E-state index is 0.0293. The normalized spacial score (nSPS) is 11.9. The fourth-order valence-corrected chi connectivity index (χ4v) is 5.53. The molecule has 0 fully saturated rings. The van der Waals surface area contributed by atoms with Gasteiger partial charge < -0.3 is 15.0 Å². The third-order valence-electron chi connectivity index (χ3n) is 5.88. The largest absolute Gasteiger partial charge is 0.497 e. The Morgan fingerprint density at radius 2 is 1.68 bits per heavy atom. The number of anilines is 1. The van der Waals surface area contributed by atoms with Gasteiger partial charge in [-0.05, 0) is 42.3 Å². The number of likely N-dealkylation sites (N-methyl/N-ethyl adjacent to an activating group) is 1. The van der Waals surface area contributed by atoms with Crippen LogP contribution in [0.5, 0.6) is 5.75 Å². The minimum Gasteiger partial charge on any atom is -0.497 e. The summed E-state index contributed by atoms with van der Waals surface area (Å²) in [5.74, 6) is -0.484. The summed E-state index contributed by atoms with van der Waals surface area (Å²) in [5.41, 5.74) is 0.890. The topological polar surface area (TPSA) is 96.0 Å². The molecule has 0 aliphatic heterocycles. The SMILES string of the molecule is CC[C@H](C(=O)NC)N(Cc1ccccc1Cl)C(=O)CN(c1cccc(OC)c1)S(=O)(=O)c1ccccc1. The molecule has 0 saturated heterocycles. The number of hydrogen-bond acceptors (Lipinski definition) is 5. The van der Waals surface area contributed by atoms with Gasteiger partial charge in [-0.15, -0.1) is 0 Å². The average molecular weight is 544 g/mol. The zero-order chi connectivity index (χ0) is 27.0. The van der Waals surface area contributed by atoms with Crippen molar-refractivity contribution in [3.63, 3.8) is 0 Å². The molecule has 8 nitrogen and oxygen atoms in total. The minimum atomic E-state index is -4.14. The molecule has 3 aromatic rings. The number of sulfonamides is 1. The Bertz CT molecular complexity index is 1330. The molecule has 0 radical (unpaired) electrons. The van der Waals surface area contributed by atoms with Crippen molar-refractivity contribution >= 4 is 39.1 Å². The van der Waals surface area contributed by atoms with E-state index in [0.717, 1.165) is 4.31 Å². The first-order chi connectivity index (χ1) is 17.7. The summed E-state index contributed by atoms with van der Waals surface area (Å²) < 4.78 is 33.8. The summed E-state index contributed by atoms with van der Waals surface area (Å²) in [7, 11) is -1.18. The van der Waals surface area contributed by atoms with Gasteiger partial charge in [0, 0.05) is 24.7 Å². The van der Waals surface area contributed by atoms with Crippen molar-refractivity contribution in [2.24, 2.45) is 0 Å². The van der Waals surface area contributed by atoms with E-state index < -0.39 is 28.5 Å². The van der Waals surface area contributed by atoms with Crippen LogP contribution in [-0.2, 0) is 26.2 Å². The monoisotopic (exact) mass is 543 g/mol. The lowest BCUT2D eigenvalue weighted by molar-refractivity contribution is -0.140. The van der Waals surface area contributed by atoms with Crippen LogP contribution >= 0.6 is 11.6 Å². The van der Waals surface area contributed by atoms with E-state index in [1.807, 2.05) is 0 Å². The van der Waals surface area contributed by atoms with Crippen LogP contribution in [0.3, 0.4) is 0 Å². The van der Waals surface area contributed by atoms with Gasteiger partial charge >= 0.3 is 0 Å². The van der Waals surface area contributed by atoms with Gasteiger partial charge in [0.25, 0.3) is 10.0 Å². The molecule has 3 aromatic carbocycles. The van der Waals surface area contributed by atoms with Crippen molar-refractivity contribution in [1.82, 2.24) is 10.2 Å². The maximum Gasteiger partial charge on any atom is 0.264 e. The zero-order valence-corrected chi connectivity index (χ0v) is 22.5. The quantitative estimate of drug-likeness (QED) is 0.393. The molecular weight excluding hydrogens is 514 g/mol. The second-order valence-corrected chi connectivity index (χ2v) is 10.4. The maximum absolute atomic E-state index is 13.9. The molecular formula is C27H30ClN3O5S. The zero-order valence-electron chi connectivity index (χ0n) is 20.9. The van der Waals surface area contributed by atoms with E-state index >= 15 is 0 Å². The van der Waals surface area contributed by atoms with Crippen molar-refractivity contribution in [3.8, 4) is 5.75 Å². The molecule has 0 aliphatic rings. The molecule has 196 valence electrons. The van der Waals surface area contributed by atoms with Gasteiger partial charge in [0.15, 0.2) is 0 Å². The number of carbonyl (C=O) groups is 2. The van der Waals surface area contributed by atoms with Crippen LogP contribution in [0.2, 0.25) is 5.02 Å². The number of methoxy groups -OCH3 is 1. The molecule has 3 rings (SSSR count). The lowest BCUT2D eigenvalue weighted by Gasteiger charge is -2.33. The van der Waals surface area contributed by atoms with E-state index in [0.29, 0.717) is 22.8 Å². The molecule has 10 heteroatoms. The van der Waals surface area contributed by atoms with E-state index in [-0.39, 0.29) is 23.0 Å². The molecule has 1 N–H and O–H groups in total. The third kappa shape index (κ3) is 6.61. The number of amides is 2. The Kier molecular flexibility index (Phi) is 9.54. The van der Waals surface area contributed by atoms with Crippen LogP contribution in [-0.4, -0.2) is 51.9 Å². The summed E-state index contributed by atoms with van der Waals surface area (Å²) in [5, 5.41) is 3.03. The van der Waals surface area contributed by atoms with Crippen molar-refractivity contribution < 1.29 is 22.7 Å². The number of ether oxygens (including phenoxy) is 1. The number of hydrogen-bond donors (Lipinski definition) is 1. The van der Waals surface area contributed by atoms with E-state index in [4.69, 9.17) is 16.3 Å². The van der Waals surface area contributed by atoms with E-state index in [9.17, 15) is 18.0 Å². The summed E-state index contributed by atoms with van der Waals surface area (Å²) in [6, 6.07) is 20.5. The fraction of sp³-hybridized carbons (Fsp3) is 0.259. The van der Waals surface area contributed by atoms with Crippen molar-refractivity contribution in [2.75, 3.05) is 25.0 Å². The van der Waals surface area contributed by atoms with Gasteiger partial charge in [-0.2, -0.15) is 0 Å². The van der Waals surface area contributed by atoms with Crippen molar-refractivity contribution in [2.45, 2.75) is 30.8 Å². The van der Waals surface area contributed by atoms with Gasteiger partial charge in [-0.3, -0.25) is 13.9 Å². The Morgan fingerprint density at radius 3 is 2.30 bits per heavy atom. The highest BCUT2D eigenvalue weighted by Gasteiger charge is 2.33. The van der Waals surface area contributed by atoms with Gasteiger partial charge in [0.1, 0.15) is 18.3 Å². The Balaban J connectivity index is 2.08. The number of nitrogens with one attached hydrogen (secondary N) is 1. The number of rotatable bonds is 11. The van der Waals surface area contributed by atoms with E-state index in [1.165, 1.54) is 31.2 Å². The highest BCUT2D eigenvalue weighted by molar-refractivity contribution is 7.92. The van der Waals surface area contributed by atoms with Gasteiger partial charge in [-0.1, -0.05) is 61.0 Å². The third-order valence-corrected chi connectivity index (χ3v) is 8.04. The average Bonchev–Trinajstić information content (AvgIpc) is 2.92. The first-order valence-electron chi connectivity index (χ1n) is 11.7. The highest BCUT2D eigenvalue weighted by Crippen LogP contribution is 2.28. The van der Waals surface area contributed by atoms with Crippen LogP contribution in [0, 0.1) is 0 Å². The highest BCUT2D eigenvalue weighted by atomic mass is 35.5. The molecule has 0 heterocycles. The molecule has 1 atom stereocenters. The molecule has 0 aliphatic carbocycles. The van der Waals surface area contributed by atoms with Crippen LogP contribution < -0.4 is 14.4 Å². The van der Waals surface area contributed by atoms with Gasteiger partial charge in [0.2, 0.25) is 11.8 Å². The molecule has 0 saturated carbocycles. The molecule has 2 amide bonds.